The second-order valence-electron chi connectivity index (χ2n) is 5.00. The number of hydrogen-bond donors (Lipinski definition) is 1. The summed E-state index contributed by atoms with van der Waals surface area (Å²) in [5, 5.41) is 9.27. The Morgan fingerprint density at radius 3 is 2.81 bits per heavy atom. The first-order valence-electron chi connectivity index (χ1n) is 6.90. The third kappa shape index (κ3) is 3.22. The third-order valence-corrected chi connectivity index (χ3v) is 4.68. The van der Waals surface area contributed by atoms with Crippen molar-refractivity contribution in [1.82, 2.24) is 0 Å². The Morgan fingerprint density at radius 2 is 2.05 bits per heavy atom. The van der Waals surface area contributed by atoms with Gasteiger partial charge in [-0.25, -0.2) is 0 Å². The van der Waals surface area contributed by atoms with E-state index in [-0.39, 0.29) is 5.92 Å². The van der Waals surface area contributed by atoms with E-state index in [4.69, 9.17) is 4.74 Å². The Kier molecular flexibility index (Phi) is 4.15. The molecular formula is C17H16O3S. The van der Waals surface area contributed by atoms with Gasteiger partial charge in [-0.3, -0.25) is 4.79 Å². The summed E-state index contributed by atoms with van der Waals surface area (Å²) in [7, 11) is 0. The molecular weight excluding hydrogens is 284 g/mol. The average Bonchev–Trinajstić information content (AvgIpc) is 2.53. The first-order valence-corrected chi connectivity index (χ1v) is 7.89. The monoisotopic (exact) mass is 300 g/mol. The topological polar surface area (TPSA) is 46.5 Å². The molecule has 1 unspecified atom stereocenters. The minimum Gasteiger partial charge on any atom is -0.489 e. The van der Waals surface area contributed by atoms with E-state index in [1.165, 1.54) is 0 Å². The molecule has 0 aliphatic carbocycles. The number of thioether (sulfide) groups is 1. The van der Waals surface area contributed by atoms with Gasteiger partial charge in [0.15, 0.2) is 0 Å². The molecule has 1 atom stereocenters. The van der Waals surface area contributed by atoms with Gasteiger partial charge in [-0.1, -0.05) is 36.4 Å². The zero-order valence-electron chi connectivity index (χ0n) is 11.5. The lowest BCUT2D eigenvalue weighted by atomic mass is 9.96. The highest BCUT2D eigenvalue weighted by molar-refractivity contribution is 7.99. The maximum Gasteiger partial charge on any atom is 0.311 e. The number of ether oxygens (including phenoxy) is 1. The number of carboxylic acids is 1. The predicted octanol–water partition coefficient (Wildman–Crippen LogP) is 3.93. The largest absolute Gasteiger partial charge is 0.489 e. The minimum absolute atomic E-state index is 0.385. The summed E-state index contributed by atoms with van der Waals surface area (Å²) >= 11 is 1.70. The molecule has 0 aromatic heterocycles. The van der Waals surface area contributed by atoms with Crippen LogP contribution < -0.4 is 4.74 Å². The number of carbonyl (C=O) groups is 1. The van der Waals surface area contributed by atoms with Crippen molar-refractivity contribution in [2.45, 2.75) is 23.8 Å². The maximum atomic E-state index is 11.3. The van der Waals surface area contributed by atoms with Crippen molar-refractivity contribution in [2.75, 3.05) is 5.75 Å². The van der Waals surface area contributed by atoms with Crippen LogP contribution in [0.1, 0.15) is 23.5 Å². The number of aliphatic carboxylic acids is 1. The number of fused-ring (bicyclic) bond motifs is 1. The van der Waals surface area contributed by atoms with Gasteiger partial charge in [-0.15, -0.1) is 11.8 Å². The SMILES string of the molecule is O=C(O)C1CCSc2cc(OCc3ccccc3)ccc21. The summed E-state index contributed by atoms with van der Waals surface area (Å²) in [5.74, 6) is 0.501. The molecule has 2 aromatic carbocycles. The molecule has 3 rings (SSSR count). The Morgan fingerprint density at radius 1 is 1.24 bits per heavy atom. The Labute approximate surface area is 127 Å². The molecule has 2 aromatic rings. The van der Waals surface area contributed by atoms with Crippen molar-refractivity contribution < 1.29 is 14.6 Å². The van der Waals surface area contributed by atoms with Crippen LogP contribution in [0.3, 0.4) is 0 Å². The van der Waals surface area contributed by atoms with Crippen LogP contribution in [0, 0.1) is 0 Å². The molecule has 1 aliphatic rings. The van der Waals surface area contributed by atoms with Gasteiger partial charge >= 0.3 is 5.97 Å². The average molecular weight is 300 g/mol. The van der Waals surface area contributed by atoms with E-state index in [0.717, 1.165) is 27.5 Å². The van der Waals surface area contributed by atoms with Crippen LogP contribution in [0.15, 0.2) is 53.4 Å². The van der Waals surface area contributed by atoms with Crippen molar-refractivity contribution in [2.24, 2.45) is 0 Å². The number of benzene rings is 2. The summed E-state index contributed by atoms with van der Waals surface area (Å²) < 4.78 is 5.79. The number of rotatable bonds is 4. The van der Waals surface area contributed by atoms with Crippen LogP contribution in [-0.2, 0) is 11.4 Å². The normalized spacial score (nSPS) is 17.0. The van der Waals surface area contributed by atoms with Gasteiger partial charge in [-0.05, 0) is 35.4 Å². The van der Waals surface area contributed by atoms with E-state index in [9.17, 15) is 9.90 Å². The molecule has 108 valence electrons. The fourth-order valence-electron chi connectivity index (χ4n) is 2.46. The zero-order chi connectivity index (χ0) is 14.7. The molecule has 0 bridgehead atoms. The number of carboxylic acid groups (broad SMARTS) is 1. The van der Waals surface area contributed by atoms with Gasteiger partial charge in [-0.2, -0.15) is 0 Å². The second kappa shape index (κ2) is 6.22. The smallest absolute Gasteiger partial charge is 0.311 e. The molecule has 4 heteroatoms. The Bertz CT molecular complexity index is 640. The van der Waals surface area contributed by atoms with Crippen LogP contribution >= 0.6 is 11.8 Å². The Hall–Kier alpha value is -1.94. The van der Waals surface area contributed by atoms with E-state index in [2.05, 4.69) is 0 Å². The van der Waals surface area contributed by atoms with Gasteiger partial charge in [0.2, 0.25) is 0 Å². The molecule has 0 spiro atoms. The van der Waals surface area contributed by atoms with Crippen LogP contribution in [0.25, 0.3) is 0 Å². The van der Waals surface area contributed by atoms with Crippen molar-refractivity contribution in [3.8, 4) is 5.75 Å². The van der Waals surface area contributed by atoms with Crippen LogP contribution in [0.2, 0.25) is 0 Å². The zero-order valence-corrected chi connectivity index (χ0v) is 12.3. The van der Waals surface area contributed by atoms with Gasteiger partial charge in [0.1, 0.15) is 12.4 Å². The van der Waals surface area contributed by atoms with E-state index in [1.54, 1.807) is 11.8 Å². The molecule has 0 saturated carbocycles. The first kappa shape index (κ1) is 14.0. The quantitative estimate of drug-likeness (QED) is 0.929. The van der Waals surface area contributed by atoms with Crippen LogP contribution in [0.5, 0.6) is 5.75 Å². The van der Waals surface area contributed by atoms with Crippen molar-refractivity contribution in [3.05, 3.63) is 59.7 Å². The fraction of sp³-hybridized carbons (Fsp3) is 0.235. The van der Waals surface area contributed by atoms with Crippen molar-refractivity contribution in [1.29, 1.82) is 0 Å². The lowest BCUT2D eigenvalue weighted by molar-refractivity contribution is -0.138. The highest BCUT2D eigenvalue weighted by Gasteiger charge is 2.26. The summed E-state index contributed by atoms with van der Waals surface area (Å²) in [6, 6.07) is 15.7. The molecule has 0 radical (unpaired) electrons. The lowest BCUT2D eigenvalue weighted by Crippen LogP contribution is -2.16. The summed E-state index contributed by atoms with van der Waals surface area (Å²) in [6.07, 6.45) is 0.692. The van der Waals surface area contributed by atoms with Gasteiger partial charge in [0, 0.05) is 4.90 Å². The van der Waals surface area contributed by atoms with Crippen molar-refractivity contribution >= 4 is 17.7 Å². The highest BCUT2D eigenvalue weighted by atomic mass is 32.2. The molecule has 21 heavy (non-hydrogen) atoms. The second-order valence-corrected chi connectivity index (χ2v) is 6.14. The van der Waals surface area contributed by atoms with Crippen molar-refractivity contribution in [3.63, 3.8) is 0 Å². The van der Waals surface area contributed by atoms with E-state index < -0.39 is 5.97 Å². The predicted molar refractivity (Wildman–Crippen MR) is 82.9 cm³/mol. The number of hydrogen-bond acceptors (Lipinski definition) is 3. The van der Waals surface area contributed by atoms with Gasteiger partial charge < -0.3 is 9.84 Å². The third-order valence-electron chi connectivity index (χ3n) is 3.57. The standard InChI is InChI=1S/C17H16O3S/c18-17(19)15-8-9-21-16-10-13(6-7-14(15)16)20-11-12-4-2-1-3-5-12/h1-7,10,15H,8-9,11H2,(H,18,19). The first-order chi connectivity index (χ1) is 10.2. The molecule has 1 aliphatic heterocycles. The van der Waals surface area contributed by atoms with Gasteiger partial charge in [0.05, 0.1) is 5.92 Å². The molecule has 1 heterocycles. The van der Waals surface area contributed by atoms with Crippen LogP contribution in [-0.4, -0.2) is 16.8 Å². The van der Waals surface area contributed by atoms with E-state index >= 15 is 0 Å². The molecule has 0 saturated heterocycles. The minimum atomic E-state index is -0.741. The Balaban J connectivity index is 1.75. The molecule has 0 fully saturated rings. The van der Waals surface area contributed by atoms with Crippen LogP contribution in [0.4, 0.5) is 0 Å². The maximum absolute atomic E-state index is 11.3. The lowest BCUT2D eigenvalue weighted by Gasteiger charge is -2.22. The fourth-order valence-corrected chi connectivity index (χ4v) is 3.61. The summed E-state index contributed by atoms with van der Waals surface area (Å²) in [5.41, 5.74) is 2.03. The molecule has 1 N–H and O–H groups in total. The summed E-state index contributed by atoms with van der Waals surface area (Å²) in [4.78, 5) is 12.3. The highest BCUT2D eigenvalue weighted by Crippen LogP contribution is 2.39. The van der Waals surface area contributed by atoms with E-state index in [0.29, 0.717) is 13.0 Å². The molecule has 0 amide bonds. The molecule has 3 nitrogen and oxygen atoms in total. The summed E-state index contributed by atoms with van der Waals surface area (Å²) in [6.45, 7) is 0.520. The van der Waals surface area contributed by atoms with Gasteiger partial charge in [0.25, 0.3) is 0 Å². The van der Waals surface area contributed by atoms with E-state index in [1.807, 2.05) is 48.5 Å².